The first-order valence-corrected chi connectivity index (χ1v) is 6.22. The quantitative estimate of drug-likeness (QED) is 0.700. The summed E-state index contributed by atoms with van der Waals surface area (Å²) in [6.07, 6.45) is 8.08. The molecule has 1 aromatic rings. The lowest BCUT2D eigenvalue weighted by molar-refractivity contribution is 0.442. The fourth-order valence-corrected chi connectivity index (χ4v) is 3.10. The van der Waals surface area contributed by atoms with Gasteiger partial charge in [-0.1, -0.05) is 26.2 Å². The predicted octanol–water partition coefficient (Wildman–Crippen LogP) is 3.75. The lowest BCUT2D eigenvalue weighted by Gasteiger charge is -2.18. The van der Waals surface area contributed by atoms with Crippen molar-refractivity contribution in [2.24, 2.45) is 0 Å². The zero-order valence-electron chi connectivity index (χ0n) is 8.25. The molecular formula is C11H17NS. The summed E-state index contributed by atoms with van der Waals surface area (Å²) in [6, 6.07) is 0. The van der Waals surface area contributed by atoms with E-state index in [2.05, 4.69) is 17.3 Å². The first-order chi connectivity index (χ1) is 6.40. The summed E-state index contributed by atoms with van der Waals surface area (Å²) < 4.78 is 0. The topological polar surface area (TPSA) is 12.9 Å². The molecule has 1 heterocycles. The highest BCUT2D eigenvalue weighted by Gasteiger charge is 2.17. The minimum absolute atomic E-state index is 0.791. The number of hydrogen-bond donors (Lipinski definition) is 0. The van der Waals surface area contributed by atoms with Gasteiger partial charge in [-0.15, -0.1) is 11.3 Å². The molecule has 0 radical (unpaired) electrons. The van der Waals surface area contributed by atoms with Crippen LogP contribution in [-0.2, 0) is 6.42 Å². The van der Waals surface area contributed by atoms with Crippen LogP contribution in [0.25, 0.3) is 0 Å². The van der Waals surface area contributed by atoms with Gasteiger partial charge in [-0.2, -0.15) is 0 Å². The number of rotatable bonds is 2. The molecule has 1 aliphatic rings. The molecule has 0 N–H and O–H groups in total. The van der Waals surface area contributed by atoms with Crippen molar-refractivity contribution in [1.82, 2.24) is 4.98 Å². The van der Waals surface area contributed by atoms with Crippen LogP contribution in [0, 0.1) is 0 Å². The van der Waals surface area contributed by atoms with Gasteiger partial charge in [-0.05, 0) is 19.3 Å². The summed E-state index contributed by atoms with van der Waals surface area (Å²) in [4.78, 5) is 4.67. The standard InChI is InChI=1S/C11H17NS/c1-2-10-8-13-11(12-10)9-6-4-3-5-7-9/h8-9H,2-7H2,1H3. The lowest BCUT2D eigenvalue weighted by Crippen LogP contribution is -2.04. The highest BCUT2D eigenvalue weighted by atomic mass is 32.1. The van der Waals surface area contributed by atoms with E-state index in [4.69, 9.17) is 0 Å². The Morgan fingerprint density at radius 2 is 2.15 bits per heavy atom. The number of thiazole rings is 1. The highest BCUT2D eigenvalue weighted by molar-refractivity contribution is 7.09. The van der Waals surface area contributed by atoms with Crippen LogP contribution >= 0.6 is 11.3 Å². The molecule has 0 unspecified atom stereocenters. The van der Waals surface area contributed by atoms with Crippen LogP contribution in [0.3, 0.4) is 0 Å². The molecule has 0 spiro atoms. The molecule has 0 aromatic carbocycles. The van der Waals surface area contributed by atoms with Crippen LogP contribution in [-0.4, -0.2) is 4.98 Å². The molecule has 2 heteroatoms. The maximum absolute atomic E-state index is 4.67. The van der Waals surface area contributed by atoms with Crippen LogP contribution in [0.2, 0.25) is 0 Å². The minimum Gasteiger partial charge on any atom is -0.246 e. The van der Waals surface area contributed by atoms with Gasteiger partial charge in [-0.3, -0.25) is 0 Å². The molecular weight excluding hydrogens is 178 g/mol. The summed E-state index contributed by atoms with van der Waals surface area (Å²) in [6.45, 7) is 2.18. The first kappa shape index (κ1) is 9.20. The van der Waals surface area contributed by atoms with Crippen molar-refractivity contribution in [2.45, 2.75) is 51.4 Å². The Bertz CT molecular complexity index is 261. The van der Waals surface area contributed by atoms with Crippen molar-refractivity contribution < 1.29 is 0 Å². The van der Waals surface area contributed by atoms with Crippen LogP contribution < -0.4 is 0 Å². The zero-order chi connectivity index (χ0) is 9.10. The Labute approximate surface area is 84.2 Å². The van der Waals surface area contributed by atoms with E-state index in [0.717, 1.165) is 12.3 Å². The van der Waals surface area contributed by atoms with Crippen LogP contribution in [0.15, 0.2) is 5.38 Å². The molecule has 1 aliphatic carbocycles. The summed E-state index contributed by atoms with van der Waals surface area (Å²) in [5, 5.41) is 3.63. The predicted molar refractivity (Wildman–Crippen MR) is 57.3 cm³/mol. The van der Waals surface area contributed by atoms with Crippen LogP contribution in [0.1, 0.15) is 55.6 Å². The Kier molecular flexibility index (Phi) is 2.99. The largest absolute Gasteiger partial charge is 0.246 e. The van der Waals surface area contributed by atoms with Crippen molar-refractivity contribution in [1.29, 1.82) is 0 Å². The molecule has 0 atom stereocenters. The number of aryl methyl sites for hydroxylation is 1. The second-order valence-electron chi connectivity index (χ2n) is 3.87. The van der Waals surface area contributed by atoms with Gasteiger partial charge in [0.1, 0.15) is 0 Å². The minimum atomic E-state index is 0.791. The zero-order valence-corrected chi connectivity index (χ0v) is 9.07. The van der Waals surface area contributed by atoms with Gasteiger partial charge in [0.05, 0.1) is 10.7 Å². The van der Waals surface area contributed by atoms with E-state index in [1.165, 1.54) is 42.8 Å². The van der Waals surface area contributed by atoms with Crippen molar-refractivity contribution in [2.75, 3.05) is 0 Å². The number of nitrogens with zero attached hydrogens (tertiary/aromatic N) is 1. The average Bonchev–Trinajstić information content (AvgIpc) is 2.67. The summed E-state index contributed by atoms with van der Waals surface area (Å²) in [7, 11) is 0. The SMILES string of the molecule is CCc1csc(C2CCCCC2)n1. The molecule has 1 aromatic heterocycles. The third kappa shape index (κ3) is 2.11. The van der Waals surface area contributed by atoms with E-state index >= 15 is 0 Å². The Morgan fingerprint density at radius 3 is 2.77 bits per heavy atom. The van der Waals surface area contributed by atoms with E-state index < -0.39 is 0 Å². The van der Waals surface area contributed by atoms with Gasteiger partial charge in [0, 0.05) is 11.3 Å². The van der Waals surface area contributed by atoms with E-state index in [1.54, 1.807) is 0 Å². The summed E-state index contributed by atoms with van der Waals surface area (Å²) >= 11 is 1.87. The third-order valence-electron chi connectivity index (χ3n) is 2.89. The Balaban J connectivity index is 2.05. The maximum Gasteiger partial charge on any atom is 0.0959 e. The smallest absolute Gasteiger partial charge is 0.0959 e. The van der Waals surface area contributed by atoms with Crippen molar-refractivity contribution in [3.05, 3.63) is 16.1 Å². The molecule has 0 aliphatic heterocycles. The fourth-order valence-electron chi connectivity index (χ4n) is 2.02. The molecule has 0 amide bonds. The number of aromatic nitrogens is 1. The van der Waals surface area contributed by atoms with Gasteiger partial charge in [0.25, 0.3) is 0 Å². The maximum atomic E-state index is 4.67. The fraction of sp³-hybridized carbons (Fsp3) is 0.727. The van der Waals surface area contributed by atoms with E-state index in [-0.39, 0.29) is 0 Å². The molecule has 2 rings (SSSR count). The van der Waals surface area contributed by atoms with Crippen molar-refractivity contribution in [3.63, 3.8) is 0 Å². The Hall–Kier alpha value is -0.370. The molecule has 0 saturated heterocycles. The summed E-state index contributed by atoms with van der Waals surface area (Å²) in [5.41, 5.74) is 1.28. The molecule has 1 nitrogen and oxygen atoms in total. The second kappa shape index (κ2) is 4.23. The highest BCUT2D eigenvalue weighted by Crippen LogP contribution is 2.34. The van der Waals surface area contributed by atoms with Crippen molar-refractivity contribution in [3.8, 4) is 0 Å². The van der Waals surface area contributed by atoms with Crippen LogP contribution in [0.4, 0.5) is 0 Å². The van der Waals surface area contributed by atoms with E-state index in [9.17, 15) is 0 Å². The first-order valence-electron chi connectivity index (χ1n) is 5.34. The van der Waals surface area contributed by atoms with Gasteiger partial charge < -0.3 is 0 Å². The molecule has 1 saturated carbocycles. The monoisotopic (exact) mass is 195 g/mol. The second-order valence-corrected chi connectivity index (χ2v) is 4.76. The number of hydrogen-bond acceptors (Lipinski definition) is 2. The van der Waals surface area contributed by atoms with E-state index in [1.807, 2.05) is 11.3 Å². The van der Waals surface area contributed by atoms with Gasteiger partial charge >= 0.3 is 0 Å². The van der Waals surface area contributed by atoms with Crippen molar-refractivity contribution >= 4 is 11.3 Å². The molecule has 1 fully saturated rings. The lowest BCUT2D eigenvalue weighted by atomic mass is 9.90. The molecule has 0 bridgehead atoms. The average molecular weight is 195 g/mol. The van der Waals surface area contributed by atoms with Gasteiger partial charge in [-0.25, -0.2) is 4.98 Å². The van der Waals surface area contributed by atoms with Gasteiger partial charge in [0.15, 0.2) is 0 Å². The molecule has 13 heavy (non-hydrogen) atoms. The molecule has 72 valence electrons. The van der Waals surface area contributed by atoms with E-state index in [0.29, 0.717) is 0 Å². The van der Waals surface area contributed by atoms with Crippen LogP contribution in [0.5, 0.6) is 0 Å². The summed E-state index contributed by atoms with van der Waals surface area (Å²) in [5.74, 6) is 0.791. The Morgan fingerprint density at radius 1 is 1.38 bits per heavy atom. The normalized spacial score (nSPS) is 19.2. The van der Waals surface area contributed by atoms with Gasteiger partial charge in [0.2, 0.25) is 0 Å². The third-order valence-corrected chi connectivity index (χ3v) is 3.94.